The summed E-state index contributed by atoms with van der Waals surface area (Å²) in [6.45, 7) is 0. The molecule has 1 N–H and O–H groups in total. The topological polar surface area (TPSA) is 45.8 Å². The monoisotopic (exact) mass is 248 g/mol. The van der Waals surface area contributed by atoms with Gasteiger partial charge in [0.25, 0.3) is 0 Å². The van der Waals surface area contributed by atoms with Crippen molar-refractivity contribution < 1.29 is 0 Å². The third kappa shape index (κ3) is 1.51. The molecule has 3 nitrogen and oxygen atoms in total. The molecule has 2 heterocycles. The van der Waals surface area contributed by atoms with Gasteiger partial charge in [0, 0.05) is 28.3 Å². The van der Waals surface area contributed by atoms with Crippen LogP contribution in [0, 0.1) is 0 Å². The molecule has 19 heavy (non-hydrogen) atoms. The van der Waals surface area contributed by atoms with Crippen LogP contribution in [0.3, 0.4) is 0 Å². The van der Waals surface area contributed by atoms with Gasteiger partial charge < -0.3 is 4.98 Å². The fourth-order valence-electron chi connectivity index (χ4n) is 2.81. The van der Waals surface area contributed by atoms with Crippen LogP contribution >= 0.6 is 0 Å². The Bertz CT molecular complexity index is 845. The van der Waals surface area contributed by atoms with Gasteiger partial charge in [-0.1, -0.05) is 24.3 Å². The van der Waals surface area contributed by atoms with Gasteiger partial charge in [0.05, 0.1) is 11.2 Å². The number of para-hydroxylation sites is 1. The zero-order valence-corrected chi connectivity index (χ0v) is 10.3. The molecule has 4 rings (SSSR count). The van der Waals surface area contributed by atoms with Gasteiger partial charge in [0.1, 0.15) is 0 Å². The highest BCUT2D eigenvalue weighted by molar-refractivity contribution is 5.98. The lowest BCUT2D eigenvalue weighted by molar-refractivity contribution is 0.967. The molecular weight excluding hydrogens is 236 g/mol. The number of H-pyrrole nitrogens is 1. The van der Waals surface area contributed by atoms with Gasteiger partial charge in [-0.25, -0.2) is 4.98 Å². The minimum atomic E-state index is -0.0732. The molecule has 0 radical (unpaired) electrons. The van der Waals surface area contributed by atoms with Gasteiger partial charge in [-0.05, 0) is 25.0 Å². The molecule has 0 bridgehead atoms. The molecule has 0 saturated heterocycles. The molecule has 1 aliphatic carbocycles. The number of rotatable bonds is 0. The summed E-state index contributed by atoms with van der Waals surface area (Å²) >= 11 is 0. The maximum atomic E-state index is 12.0. The Morgan fingerprint density at radius 1 is 1.21 bits per heavy atom. The van der Waals surface area contributed by atoms with Crippen LogP contribution in [0.1, 0.15) is 17.7 Å². The van der Waals surface area contributed by atoms with Crippen molar-refractivity contribution in [3.05, 3.63) is 58.0 Å². The van der Waals surface area contributed by atoms with E-state index in [1.807, 2.05) is 30.3 Å². The third-order valence-electron chi connectivity index (χ3n) is 3.67. The van der Waals surface area contributed by atoms with Crippen LogP contribution in [-0.4, -0.2) is 9.97 Å². The van der Waals surface area contributed by atoms with Crippen LogP contribution in [0.2, 0.25) is 0 Å². The van der Waals surface area contributed by atoms with Crippen LogP contribution in [-0.2, 0) is 6.42 Å². The number of allylic oxidation sites excluding steroid dienone is 1. The van der Waals surface area contributed by atoms with E-state index in [0.29, 0.717) is 0 Å². The lowest BCUT2D eigenvalue weighted by Gasteiger charge is -2.08. The van der Waals surface area contributed by atoms with E-state index in [1.54, 1.807) is 6.07 Å². The van der Waals surface area contributed by atoms with Crippen LogP contribution in [0.15, 0.2) is 41.2 Å². The minimum absolute atomic E-state index is 0.0732. The number of aromatic amines is 1. The molecule has 0 atom stereocenters. The molecule has 0 amide bonds. The maximum Gasteiger partial charge on any atom is 0.249 e. The van der Waals surface area contributed by atoms with E-state index in [1.165, 1.54) is 0 Å². The SMILES string of the molecule is O=c1cc2c3ccccc3nc-2c2c([nH]1)C=CCC2. The van der Waals surface area contributed by atoms with Crippen molar-refractivity contribution in [1.29, 1.82) is 0 Å². The van der Waals surface area contributed by atoms with Crippen molar-refractivity contribution in [2.45, 2.75) is 12.8 Å². The first-order valence-corrected chi connectivity index (χ1v) is 6.44. The number of aromatic nitrogens is 2. The molecule has 2 aliphatic heterocycles. The average molecular weight is 248 g/mol. The van der Waals surface area contributed by atoms with Crippen molar-refractivity contribution in [3.8, 4) is 11.3 Å². The van der Waals surface area contributed by atoms with Crippen molar-refractivity contribution in [2.75, 3.05) is 0 Å². The highest BCUT2D eigenvalue weighted by atomic mass is 16.1. The molecule has 0 fully saturated rings. The minimum Gasteiger partial charge on any atom is -0.322 e. The molecule has 0 unspecified atom stereocenters. The molecule has 0 aromatic heterocycles. The maximum absolute atomic E-state index is 12.0. The molecule has 3 aliphatic rings. The van der Waals surface area contributed by atoms with Gasteiger partial charge >= 0.3 is 0 Å². The van der Waals surface area contributed by atoms with Crippen LogP contribution in [0.4, 0.5) is 0 Å². The summed E-state index contributed by atoms with van der Waals surface area (Å²) in [6, 6.07) is 9.64. The first kappa shape index (κ1) is 10.5. The molecule has 1 aromatic rings. The van der Waals surface area contributed by atoms with Crippen LogP contribution in [0.25, 0.3) is 28.2 Å². The van der Waals surface area contributed by atoms with E-state index in [4.69, 9.17) is 4.98 Å². The predicted molar refractivity (Wildman–Crippen MR) is 76.3 cm³/mol. The van der Waals surface area contributed by atoms with E-state index in [0.717, 1.165) is 46.3 Å². The van der Waals surface area contributed by atoms with Crippen molar-refractivity contribution in [3.63, 3.8) is 0 Å². The molecule has 92 valence electrons. The molecule has 3 heteroatoms. The first-order chi connectivity index (χ1) is 9.33. The van der Waals surface area contributed by atoms with Gasteiger partial charge in [0.2, 0.25) is 5.56 Å². The number of hydrogen-bond acceptors (Lipinski definition) is 2. The van der Waals surface area contributed by atoms with Gasteiger partial charge in [-0.3, -0.25) is 4.79 Å². The number of hydrogen-bond donors (Lipinski definition) is 1. The van der Waals surface area contributed by atoms with Crippen LogP contribution < -0.4 is 5.56 Å². The predicted octanol–water partition coefficient (Wildman–Crippen LogP) is 2.99. The highest BCUT2D eigenvalue weighted by Crippen LogP contribution is 2.34. The number of fused-ring (bicyclic) bond motifs is 5. The highest BCUT2D eigenvalue weighted by Gasteiger charge is 2.18. The van der Waals surface area contributed by atoms with Gasteiger partial charge in [0.15, 0.2) is 0 Å². The van der Waals surface area contributed by atoms with Gasteiger partial charge in [-0.15, -0.1) is 0 Å². The summed E-state index contributed by atoms with van der Waals surface area (Å²) in [5, 5.41) is 1.05. The fourth-order valence-corrected chi connectivity index (χ4v) is 2.81. The Morgan fingerprint density at radius 2 is 2.11 bits per heavy atom. The standard InChI is InChI=1S/C16H12N2O/c19-15-9-12-10-5-1-3-7-13(10)18-16(12)11-6-2-4-8-14(11)17-15/h1,3-5,7-9H,2,6H2,(H,17,19). The Balaban J connectivity index is 2.22. The lowest BCUT2D eigenvalue weighted by atomic mass is 9.98. The normalized spacial score (nSPS) is 13.9. The largest absolute Gasteiger partial charge is 0.322 e. The van der Waals surface area contributed by atoms with E-state index >= 15 is 0 Å². The Labute approximate surface area is 110 Å². The Hall–Kier alpha value is -2.42. The summed E-state index contributed by atoms with van der Waals surface area (Å²) < 4.78 is 0. The lowest BCUT2D eigenvalue weighted by Crippen LogP contribution is -2.03. The zero-order valence-electron chi connectivity index (χ0n) is 10.3. The molecule has 0 saturated carbocycles. The smallest absolute Gasteiger partial charge is 0.249 e. The second-order valence-corrected chi connectivity index (χ2v) is 4.86. The quantitative estimate of drug-likeness (QED) is 0.664. The van der Waals surface area contributed by atoms with E-state index in [9.17, 15) is 4.79 Å². The molecular formula is C16H12N2O. The Morgan fingerprint density at radius 3 is 3.05 bits per heavy atom. The van der Waals surface area contributed by atoms with Crippen molar-refractivity contribution >= 4 is 17.0 Å². The summed E-state index contributed by atoms with van der Waals surface area (Å²) in [7, 11) is 0. The summed E-state index contributed by atoms with van der Waals surface area (Å²) in [5.41, 5.74) is 4.84. The second-order valence-electron chi connectivity index (χ2n) is 4.86. The summed E-state index contributed by atoms with van der Waals surface area (Å²) in [6.07, 6.45) is 6.00. The number of nitrogens with one attached hydrogen (secondary N) is 1. The Kier molecular flexibility index (Phi) is 2.09. The molecule has 1 aromatic carbocycles. The van der Waals surface area contributed by atoms with Crippen LogP contribution in [0.5, 0.6) is 0 Å². The molecule has 0 spiro atoms. The third-order valence-corrected chi connectivity index (χ3v) is 3.67. The van der Waals surface area contributed by atoms with Gasteiger partial charge in [-0.2, -0.15) is 0 Å². The van der Waals surface area contributed by atoms with E-state index in [2.05, 4.69) is 11.1 Å². The van der Waals surface area contributed by atoms with Crippen molar-refractivity contribution in [2.24, 2.45) is 0 Å². The second kappa shape index (κ2) is 3.79. The number of benzene rings is 1. The van der Waals surface area contributed by atoms with E-state index in [-0.39, 0.29) is 5.56 Å². The average Bonchev–Trinajstić information content (AvgIpc) is 2.71. The summed E-state index contributed by atoms with van der Waals surface area (Å²) in [4.78, 5) is 19.6. The fraction of sp³-hybridized carbons (Fsp3) is 0.125. The number of nitrogens with zero attached hydrogens (tertiary/aromatic N) is 1. The first-order valence-electron chi connectivity index (χ1n) is 6.44. The van der Waals surface area contributed by atoms with Crippen molar-refractivity contribution in [1.82, 2.24) is 9.97 Å². The summed E-state index contributed by atoms with van der Waals surface area (Å²) in [5.74, 6) is 0. The van der Waals surface area contributed by atoms with E-state index < -0.39 is 0 Å². The zero-order chi connectivity index (χ0) is 12.8.